The third-order valence-electron chi connectivity index (χ3n) is 3.04. The number of nitrogens with one attached hydrogen (secondary N) is 1. The smallest absolute Gasteiger partial charge is 0.358 e. The molecule has 1 saturated carbocycles. The summed E-state index contributed by atoms with van der Waals surface area (Å²) in [5.74, 6) is 0. The molecular weight excluding hydrogens is 276 g/mol. The Morgan fingerprint density at radius 3 is 2.16 bits per heavy atom. The molecule has 1 aliphatic rings. The minimum Gasteiger partial charge on any atom is -0.358 e. The van der Waals surface area contributed by atoms with Gasteiger partial charge in [0.2, 0.25) is 6.10 Å². The van der Waals surface area contributed by atoms with E-state index >= 15 is 0 Å². The summed E-state index contributed by atoms with van der Waals surface area (Å²) in [7, 11) is 0. The van der Waals surface area contributed by atoms with Crippen LogP contribution in [-0.2, 0) is 4.74 Å². The maximum Gasteiger partial charge on any atom is 0.423 e. The van der Waals surface area contributed by atoms with Gasteiger partial charge < -0.3 is 10.1 Å². The van der Waals surface area contributed by atoms with Gasteiger partial charge in [0.05, 0.1) is 6.10 Å². The molecule has 0 aliphatic heterocycles. The summed E-state index contributed by atoms with van der Waals surface area (Å²) in [4.78, 5) is 0. The van der Waals surface area contributed by atoms with Crippen LogP contribution in [0.4, 0.5) is 26.3 Å². The third-order valence-corrected chi connectivity index (χ3v) is 3.04. The molecule has 0 aromatic rings. The molecule has 0 saturated heterocycles. The zero-order valence-corrected chi connectivity index (χ0v) is 10.4. The Morgan fingerprint density at radius 1 is 1.11 bits per heavy atom. The fourth-order valence-electron chi connectivity index (χ4n) is 2.27. The highest BCUT2D eigenvalue weighted by Crippen LogP contribution is 2.38. The van der Waals surface area contributed by atoms with Crippen molar-refractivity contribution in [2.45, 2.75) is 63.2 Å². The van der Waals surface area contributed by atoms with Gasteiger partial charge in [-0.15, -0.1) is 0 Å². The van der Waals surface area contributed by atoms with Crippen LogP contribution in [0.1, 0.15) is 32.6 Å². The van der Waals surface area contributed by atoms with Crippen molar-refractivity contribution in [3.05, 3.63) is 0 Å². The maximum atomic E-state index is 12.4. The normalized spacial score (nSPS) is 25.9. The lowest BCUT2D eigenvalue weighted by Crippen LogP contribution is -2.48. The van der Waals surface area contributed by atoms with E-state index in [2.05, 4.69) is 10.1 Å². The molecule has 2 atom stereocenters. The molecule has 1 fully saturated rings. The average molecular weight is 293 g/mol. The van der Waals surface area contributed by atoms with E-state index in [1.807, 2.05) is 6.92 Å². The Hall–Kier alpha value is -0.500. The molecule has 0 aromatic heterocycles. The van der Waals surface area contributed by atoms with E-state index in [1.165, 1.54) is 0 Å². The Labute approximate surface area is 107 Å². The Balaban J connectivity index is 2.64. The van der Waals surface area contributed by atoms with Gasteiger partial charge in [-0.2, -0.15) is 26.3 Å². The van der Waals surface area contributed by atoms with E-state index in [9.17, 15) is 26.3 Å². The molecule has 114 valence electrons. The van der Waals surface area contributed by atoms with Crippen molar-refractivity contribution < 1.29 is 31.1 Å². The summed E-state index contributed by atoms with van der Waals surface area (Å²) in [6.45, 7) is 2.46. The second-order valence-corrected chi connectivity index (χ2v) is 4.64. The van der Waals surface area contributed by atoms with Crippen LogP contribution in [0.15, 0.2) is 0 Å². The highest BCUT2D eigenvalue weighted by molar-refractivity contribution is 4.83. The Bertz CT molecular complexity index is 261. The van der Waals surface area contributed by atoms with E-state index in [4.69, 9.17) is 0 Å². The topological polar surface area (TPSA) is 21.3 Å². The molecule has 0 bridgehead atoms. The molecule has 1 aliphatic carbocycles. The fraction of sp³-hybridized carbons (Fsp3) is 1.00. The monoisotopic (exact) mass is 293 g/mol. The van der Waals surface area contributed by atoms with Crippen LogP contribution in [0.5, 0.6) is 0 Å². The van der Waals surface area contributed by atoms with Gasteiger partial charge in [0.1, 0.15) is 0 Å². The molecule has 19 heavy (non-hydrogen) atoms. The first kappa shape index (κ1) is 16.6. The van der Waals surface area contributed by atoms with Crippen molar-refractivity contribution in [1.29, 1.82) is 0 Å². The number of rotatable bonds is 4. The molecule has 1 rings (SSSR count). The number of ether oxygens (including phenoxy) is 1. The van der Waals surface area contributed by atoms with Crippen molar-refractivity contribution >= 4 is 0 Å². The number of alkyl halides is 6. The summed E-state index contributed by atoms with van der Waals surface area (Å²) in [6.07, 6.45) is -13.8. The second-order valence-electron chi connectivity index (χ2n) is 4.64. The molecule has 0 aromatic carbocycles. The lowest BCUT2D eigenvalue weighted by atomic mass is 9.92. The van der Waals surface area contributed by atoms with Crippen molar-refractivity contribution in [3.8, 4) is 0 Å². The van der Waals surface area contributed by atoms with E-state index < -0.39 is 24.6 Å². The van der Waals surface area contributed by atoms with Crippen molar-refractivity contribution in [3.63, 3.8) is 0 Å². The third kappa shape index (κ3) is 5.18. The Kier molecular flexibility index (Phi) is 5.49. The summed E-state index contributed by atoms with van der Waals surface area (Å²) < 4.78 is 78.4. The van der Waals surface area contributed by atoms with Crippen LogP contribution in [0, 0.1) is 0 Å². The van der Waals surface area contributed by atoms with Crippen molar-refractivity contribution in [2.75, 3.05) is 6.54 Å². The Morgan fingerprint density at radius 2 is 1.68 bits per heavy atom. The first-order valence-electron chi connectivity index (χ1n) is 6.16. The van der Waals surface area contributed by atoms with Gasteiger partial charge >= 0.3 is 12.4 Å². The van der Waals surface area contributed by atoms with Crippen LogP contribution >= 0.6 is 0 Å². The molecule has 0 spiro atoms. The van der Waals surface area contributed by atoms with Crippen molar-refractivity contribution in [2.24, 2.45) is 0 Å². The fourth-order valence-corrected chi connectivity index (χ4v) is 2.27. The number of halogens is 6. The number of hydrogen-bond donors (Lipinski definition) is 1. The maximum absolute atomic E-state index is 12.4. The predicted molar refractivity (Wildman–Crippen MR) is 56.7 cm³/mol. The summed E-state index contributed by atoms with van der Waals surface area (Å²) in [5, 5.41) is 3.02. The van der Waals surface area contributed by atoms with Crippen LogP contribution in [0.2, 0.25) is 0 Å². The lowest BCUT2D eigenvalue weighted by molar-refractivity contribution is -0.332. The number of hydrogen-bond acceptors (Lipinski definition) is 2. The van der Waals surface area contributed by atoms with Gasteiger partial charge in [0.25, 0.3) is 0 Å². The SMILES string of the molecule is CCNC1CCCC(OC(C(F)(F)F)C(F)(F)F)C1. The van der Waals surface area contributed by atoms with Gasteiger partial charge in [-0.25, -0.2) is 0 Å². The largest absolute Gasteiger partial charge is 0.423 e. The lowest BCUT2D eigenvalue weighted by Gasteiger charge is -2.33. The molecule has 2 nitrogen and oxygen atoms in total. The van der Waals surface area contributed by atoms with E-state index in [0.717, 1.165) is 6.42 Å². The van der Waals surface area contributed by atoms with E-state index in [1.54, 1.807) is 0 Å². The zero-order valence-electron chi connectivity index (χ0n) is 10.4. The molecule has 8 heteroatoms. The van der Waals surface area contributed by atoms with Crippen molar-refractivity contribution in [1.82, 2.24) is 5.32 Å². The first-order valence-corrected chi connectivity index (χ1v) is 6.16. The van der Waals surface area contributed by atoms with Crippen LogP contribution in [-0.4, -0.2) is 37.1 Å². The summed E-state index contributed by atoms with van der Waals surface area (Å²) in [5.41, 5.74) is 0. The molecule has 0 heterocycles. The van der Waals surface area contributed by atoms with Gasteiger partial charge in [0, 0.05) is 6.04 Å². The molecule has 0 amide bonds. The predicted octanol–water partition coefficient (Wildman–Crippen LogP) is 3.42. The van der Waals surface area contributed by atoms with Crippen LogP contribution in [0.25, 0.3) is 0 Å². The molecule has 2 unspecified atom stereocenters. The standard InChI is InChI=1S/C11H17F6NO/c1-2-18-7-4-3-5-8(6-7)19-9(10(12,13)14)11(15,16)17/h7-9,18H,2-6H2,1H3. The average Bonchev–Trinajstić information content (AvgIpc) is 2.24. The van der Waals surface area contributed by atoms with Gasteiger partial charge in [-0.05, 0) is 32.2 Å². The summed E-state index contributed by atoms with van der Waals surface area (Å²) in [6, 6.07) is -0.0779. The van der Waals surface area contributed by atoms with Gasteiger partial charge in [-0.3, -0.25) is 0 Å². The quantitative estimate of drug-likeness (QED) is 0.802. The highest BCUT2D eigenvalue weighted by Gasteiger charge is 2.58. The minimum absolute atomic E-state index is 0.0779. The second kappa shape index (κ2) is 6.30. The van der Waals surface area contributed by atoms with E-state index in [0.29, 0.717) is 13.0 Å². The zero-order chi connectivity index (χ0) is 14.7. The van der Waals surface area contributed by atoms with Crippen LogP contribution in [0.3, 0.4) is 0 Å². The van der Waals surface area contributed by atoms with Gasteiger partial charge in [-0.1, -0.05) is 6.92 Å². The van der Waals surface area contributed by atoms with Gasteiger partial charge in [0.15, 0.2) is 0 Å². The molecule has 0 radical (unpaired) electrons. The summed E-state index contributed by atoms with van der Waals surface area (Å²) >= 11 is 0. The first-order chi connectivity index (χ1) is 8.64. The molecule has 1 N–H and O–H groups in total. The van der Waals surface area contributed by atoms with Crippen LogP contribution < -0.4 is 5.32 Å². The highest BCUT2D eigenvalue weighted by atomic mass is 19.4. The minimum atomic E-state index is -5.43. The molecular formula is C11H17F6NO. The van der Waals surface area contributed by atoms with E-state index in [-0.39, 0.29) is 18.9 Å².